The molecule has 25 heteroatoms. The highest BCUT2D eigenvalue weighted by molar-refractivity contribution is 7.59. The number of aryl methyl sites for hydroxylation is 3. The summed E-state index contributed by atoms with van der Waals surface area (Å²) in [6.07, 6.45) is 9.78. The number of urea groups is 4. The van der Waals surface area contributed by atoms with Crippen LogP contribution in [0.5, 0.6) is 0 Å². The first kappa shape index (κ1) is 91.6. The molecule has 0 aliphatic carbocycles. The molecule has 8 saturated heterocycles. The van der Waals surface area contributed by atoms with Gasteiger partial charge in [0.2, 0.25) is 0 Å². The SMILES string of the molecule is Cc1ccc(-c2ccc(C(=O)N(C)C3CCN(C(=O)N(C)C4CCN(C5CCN(C(=O)NC(C)(C)C)CC5)C4)C3)cc2)cc1.Cc1ccc(-c2ccc(C(=O)N(C)C3CCN(C(=O)N(C)C4CCN(C5CCN(C)CC5)C4)C3)cc2)cc1.Cc1ccc(-c2ccc(C(=O)N(C)C3CCN(C(=O)N(C)C4CCNC4)C3)cc2)cc1.S.S.S. The summed E-state index contributed by atoms with van der Waals surface area (Å²) < 4.78 is 0. The number of rotatable bonds is 14. The Morgan fingerprint density at radius 3 is 0.897 bits per heavy atom. The third-order valence-corrected chi connectivity index (χ3v) is 25.4. The molecule has 6 atom stereocenters. The summed E-state index contributed by atoms with van der Waals surface area (Å²) >= 11 is 0. The van der Waals surface area contributed by atoms with Gasteiger partial charge >= 0.3 is 24.1 Å². The van der Waals surface area contributed by atoms with Crippen LogP contribution in [0.15, 0.2) is 146 Å². The molecule has 0 aromatic heterocycles. The second kappa shape index (κ2) is 41.4. The molecule has 8 aliphatic rings. The van der Waals surface area contributed by atoms with Gasteiger partial charge in [-0.1, -0.05) is 126 Å². The second-order valence-electron chi connectivity index (χ2n) is 34.4. The van der Waals surface area contributed by atoms with Crippen LogP contribution in [0, 0.1) is 20.8 Å². The Hall–Kier alpha value is -8.30. The van der Waals surface area contributed by atoms with Crippen LogP contribution in [0.1, 0.15) is 133 Å². The molecule has 8 fully saturated rings. The van der Waals surface area contributed by atoms with E-state index in [9.17, 15) is 33.6 Å². The first-order valence-corrected chi connectivity index (χ1v) is 41.5. The first-order valence-electron chi connectivity index (χ1n) is 41.5. The van der Waals surface area contributed by atoms with Crippen molar-refractivity contribution in [3.05, 3.63) is 179 Å². The van der Waals surface area contributed by atoms with E-state index in [4.69, 9.17) is 0 Å². The number of likely N-dealkylation sites (N-methyl/N-ethyl adjacent to an activating group) is 6. The maximum Gasteiger partial charge on any atom is 0.320 e. The zero-order chi connectivity index (χ0) is 80.4. The van der Waals surface area contributed by atoms with Crippen LogP contribution in [-0.2, 0) is 0 Å². The molecule has 8 heterocycles. The normalized spacial score (nSPS) is 21.2. The summed E-state index contributed by atoms with van der Waals surface area (Å²) in [7, 11) is 13.5. The molecule has 22 nitrogen and oxygen atoms in total. The molecule has 6 unspecified atom stereocenters. The zero-order valence-corrected chi connectivity index (χ0v) is 74.0. The number of carbonyl (C=O) groups excluding carboxylic acids is 7. The van der Waals surface area contributed by atoms with E-state index in [2.05, 4.69) is 126 Å². The Labute approximate surface area is 711 Å². The van der Waals surface area contributed by atoms with Gasteiger partial charge in [0.1, 0.15) is 0 Å². The highest BCUT2D eigenvalue weighted by Gasteiger charge is 2.42. The molecule has 14 rings (SSSR count). The summed E-state index contributed by atoms with van der Waals surface area (Å²) in [6, 6.07) is 50.8. The van der Waals surface area contributed by atoms with Gasteiger partial charge in [0.15, 0.2) is 0 Å². The maximum absolute atomic E-state index is 13.5. The number of likely N-dealkylation sites (tertiary alicyclic amines) is 7. The van der Waals surface area contributed by atoms with Gasteiger partial charge in [0.25, 0.3) is 17.7 Å². The highest BCUT2D eigenvalue weighted by Crippen LogP contribution is 2.31. The van der Waals surface area contributed by atoms with E-state index in [1.54, 1.807) is 9.80 Å². The minimum absolute atomic E-state index is 0. The lowest BCUT2D eigenvalue weighted by molar-refractivity contribution is 0.0727. The molecule has 8 aliphatic heterocycles. The molecule has 0 spiro atoms. The molecule has 0 radical (unpaired) electrons. The van der Waals surface area contributed by atoms with Crippen LogP contribution in [0.3, 0.4) is 0 Å². The number of hydrogen-bond acceptors (Lipinski definition) is 11. The maximum atomic E-state index is 13.5. The van der Waals surface area contributed by atoms with E-state index in [-0.39, 0.29) is 124 Å². The van der Waals surface area contributed by atoms with Crippen molar-refractivity contribution in [2.45, 2.75) is 160 Å². The third kappa shape index (κ3) is 22.9. The van der Waals surface area contributed by atoms with Gasteiger partial charge in [-0.25, -0.2) is 19.2 Å². The number of benzene rings is 6. The fourth-order valence-corrected chi connectivity index (χ4v) is 17.6. The van der Waals surface area contributed by atoms with Crippen molar-refractivity contribution < 1.29 is 33.6 Å². The average Bonchev–Trinajstić information content (AvgIpc) is 1.62. The van der Waals surface area contributed by atoms with Crippen LogP contribution >= 0.6 is 40.5 Å². The second-order valence-corrected chi connectivity index (χ2v) is 34.4. The fourth-order valence-electron chi connectivity index (χ4n) is 17.6. The molecule has 2 N–H and O–H groups in total. The Kier molecular flexibility index (Phi) is 32.7. The van der Waals surface area contributed by atoms with Gasteiger partial charge < -0.3 is 64.5 Å². The number of hydrogen-bond donors (Lipinski definition) is 2. The molecule has 116 heavy (non-hydrogen) atoms. The van der Waals surface area contributed by atoms with Crippen molar-refractivity contribution in [2.75, 3.05) is 154 Å². The summed E-state index contributed by atoms with van der Waals surface area (Å²) in [5.74, 6) is 0.00209. The zero-order valence-electron chi connectivity index (χ0n) is 71.0. The Bertz CT molecular complexity index is 4210. The third-order valence-electron chi connectivity index (χ3n) is 25.4. The van der Waals surface area contributed by atoms with E-state index in [0.29, 0.717) is 68.0 Å². The molecule has 11 amide bonds. The number of nitrogens with one attached hydrogen (secondary N) is 2. The smallest absolute Gasteiger partial charge is 0.320 e. The fraction of sp³-hybridized carbons (Fsp3) is 0.527. The Balaban J connectivity index is 0.000000199. The molecule has 0 saturated carbocycles. The van der Waals surface area contributed by atoms with Crippen molar-refractivity contribution in [3.63, 3.8) is 0 Å². The lowest BCUT2D eigenvalue weighted by Gasteiger charge is -2.38. The minimum Gasteiger partial charge on any atom is -0.337 e. The van der Waals surface area contributed by atoms with Gasteiger partial charge in [0, 0.05) is 180 Å². The minimum atomic E-state index is -0.234. The van der Waals surface area contributed by atoms with Crippen molar-refractivity contribution >= 4 is 82.3 Å². The number of piperidine rings is 2. The van der Waals surface area contributed by atoms with Gasteiger partial charge in [0.05, 0.1) is 18.1 Å². The summed E-state index contributed by atoms with van der Waals surface area (Å²) in [4.78, 5) is 118. The number of amides is 11. The summed E-state index contributed by atoms with van der Waals surface area (Å²) in [5, 5.41) is 6.38. The monoisotopic (exact) mass is 1640 g/mol. The molecule has 630 valence electrons. The highest BCUT2D eigenvalue weighted by atomic mass is 32.1. The Morgan fingerprint density at radius 1 is 0.336 bits per heavy atom. The van der Waals surface area contributed by atoms with Gasteiger partial charge in [-0.05, 0) is 202 Å². The van der Waals surface area contributed by atoms with Gasteiger partial charge in [-0.15, -0.1) is 0 Å². The first-order chi connectivity index (χ1) is 54.1. The molecule has 0 bridgehead atoms. The van der Waals surface area contributed by atoms with Crippen molar-refractivity contribution in [2.24, 2.45) is 0 Å². The predicted octanol–water partition coefficient (Wildman–Crippen LogP) is 12.5. The van der Waals surface area contributed by atoms with E-state index in [1.807, 2.05) is 175 Å². The molecule has 6 aromatic carbocycles. The number of carbonyl (C=O) groups is 7. The van der Waals surface area contributed by atoms with E-state index in [0.717, 1.165) is 137 Å². The standard InChI is InChI=1S/C35H50N6O3.C31H43N5O2.C25H32N4O2.3H2S/c1-25-7-9-26(10-8-25)27-11-13-28(14-12-27)32(42)37(5)30-18-22-41(24-30)34(44)38(6)31-17-21-40(23-31)29-15-19-39(20-16-29)33(43)36-35(2,3)4;1-23-5-7-24(8-6-23)25-9-11-26(12-10-25)30(37)33(3)28-16-20-36(22-28)31(38)34(4)29-15-19-35(21-29)27-13-17-32(2)18-14-27;1-18-4-6-19(7-5-18)20-8-10-21(11-9-20)24(30)27(2)23-13-15-29(17-23)25(31)28(3)22-12-14-26-16-22;;;/h7-14,29-31H,15-24H2,1-6H3,(H,36,43);5-12,27-29H,13-22H2,1-4H3;4-11,22-23,26H,12-17H2,1-3H3;3*1H2. The van der Waals surface area contributed by atoms with E-state index in [1.165, 1.54) is 42.6 Å². The number of nitrogens with zero attached hydrogens (tertiary/aromatic N) is 13. The van der Waals surface area contributed by atoms with E-state index >= 15 is 0 Å². The Morgan fingerprint density at radius 2 is 0.603 bits per heavy atom. The molecule has 6 aromatic rings. The van der Waals surface area contributed by atoms with Crippen LogP contribution in [-0.4, -0.2) is 313 Å². The average molecular weight is 1640 g/mol. The van der Waals surface area contributed by atoms with Crippen LogP contribution in [0.25, 0.3) is 33.4 Å². The van der Waals surface area contributed by atoms with E-state index < -0.39 is 0 Å². The van der Waals surface area contributed by atoms with Crippen molar-refractivity contribution in [1.82, 2.24) is 74.3 Å². The lowest BCUT2D eigenvalue weighted by Crippen LogP contribution is -2.53. The van der Waals surface area contributed by atoms with Gasteiger partial charge in [-0.3, -0.25) is 24.2 Å². The molecular formula is C91H131N15O7S3. The predicted molar refractivity (Wildman–Crippen MR) is 481 cm³/mol. The lowest BCUT2D eigenvalue weighted by atomic mass is 10.0. The van der Waals surface area contributed by atoms with Crippen LogP contribution in [0.4, 0.5) is 19.2 Å². The summed E-state index contributed by atoms with van der Waals surface area (Å²) in [5.41, 5.74) is 12.2. The topological polar surface area (TPSA) is 186 Å². The van der Waals surface area contributed by atoms with Crippen LogP contribution in [0.2, 0.25) is 0 Å². The molecular weight excluding hydrogens is 1510 g/mol. The van der Waals surface area contributed by atoms with Crippen LogP contribution < -0.4 is 10.6 Å². The van der Waals surface area contributed by atoms with Crippen molar-refractivity contribution in [3.8, 4) is 33.4 Å². The quantitative estimate of drug-likeness (QED) is 0.106. The summed E-state index contributed by atoms with van der Waals surface area (Å²) in [6.45, 7) is 25.6. The van der Waals surface area contributed by atoms with Crippen molar-refractivity contribution in [1.29, 1.82) is 0 Å². The largest absolute Gasteiger partial charge is 0.337 e. The van der Waals surface area contributed by atoms with Gasteiger partial charge in [-0.2, -0.15) is 40.5 Å².